The largest absolute Gasteiger partial charge is 0.310 e. The number of hydrogen-bond acceptors (Lipinski definition) is 5. The molecule has 2 aliphatic heterocycles. The van der Waals surface area contributed by atoms with Crippen LogP contribution in [0.15, 0.2) is 78.9 Å². The van der Waals surface area contributed by atoms with E-state index in [1.54, 1.807) is 23.5 Å². The Morgan fingerprint density at radius 3 is 1.67 bits per heavy atom. The van der Waals surface area contributed by atoms with Gasteiger partial charge in [0.05, 0.1) is 11.4 Å². The van der Waals surface area contributed by atoms with Gasteiger partial charge in [0, 0.05) is 16.8 Å². The van der Waals surface area contributed by atoms with E-state index in [1.807, 2.05) is 6.07 Å². The molecule has 3 aromatic carbocycles. The summed E-state index contributed by atoms with van der Waals surface area (Å²) in [6.07, 6.45) is 4.16. The van der Waals surface area contributed by atoms with Crippen molar-refractivity contribution in [3.63, 3.8) is 0 Å². The van der Waals surface area contributed by atoms with Crippen molar-refractivity contribution >= 4 is 40.6 Å². The van der Waals surface area contributed by atoms with Gasteiger partial charge in [0.2, 0.25) is 9.87 Å². The molecule has 0 saturated carbocycles. The molecule has 0 radical (unpaired) electrons. The van der Waals surface area contributed by atoms with Crippen molar-refractivity contribution in [3.05, 3.63) is 90.0 Å². The van der Waals surface area contributed by atoms with Crippen LogP contribution in [0.1, 0.15) is 11.1 Å². The van der Waals surface area contributed by atoms with E-state index in [4.69, 9.17) is 9.78 Å². The molecule has 136 valence electrons. The first-order valence-electron chi connectivity index (χ1n) is 8.79. The first kappa shape index (κ1) is 17.2. The summed E-state index contributed by atoms with van der Waals surface area (Å²) in [6, 6.07) is 27.4. The molecule has 0 aromatic heterocycles. The number of nitrogens with zero attached hydrogens (tertiary/aromatic N) is 1. The zero-order valence-corrected chi connectivity index (χ0v) is 16.7. The standard InChI is InChI=1S/C22H19NO2S2/c1-26-22(27-2)21(24-25-22)17-12-6-8-14-19(17)23(16-10-4-3-5-11-16)20-15-9-7-13-18(20)21/h3-15H,1-2H3. The van der Waals surface area contributed by atoms with E-state index >= 15 is 0 Å². The monoisotopic (exact) mass is 393 g/mol. The molecule has 3 nitrogen and oxygen atoms in total. The fraction of sp³-hybridized carbons (Fsp3) is 0.182. The maximum Gasteiger partial charge on any atom is 0.235 e. The molecular formula is C22H19NO2S2. The van der Waals surface area contributed by atoms with Gasteiger partial charge in [-0.2, -0.15) is 0 Å². The fourth-order valence-electron chi connectivity index (χ4n) is 4.11. The zero-order chi connectivity index (χ0) is 18.5. The number of rotatable bonds is 3. The second-order valence-electron chi connectivity index (χ2n) is 6.52. The van der Waals surface area contributed by atoms with Crippen LogP contribution >= 0.6 is 23.5 Å². The van der Waals surface area contributed by atoms with Gasteiger partial charge in [-0.1, -0.05) is 54.6 Å². The smallest absolute Gasteiger partial charge is 0.235 e. The van der Waals surface area contributed by atoms with Gasteiger partial charge in [0.15, 0.2) is 0 Å². The molecule has 5 heteroatoms. The SMILES string of the molecule is CSC1(SC)OOC12c1ccccc1N(c1ccccc1)c1ccccc12. The lowest BCUT2D eigenvalue weighted by Gasteiger charge is -2.57. The number of anilines is 3. The second-order valence-corrected chi connectivity index (χ2v) is 8.74. The van der Waals surface area contributed by atoms with E-state index in [9.17, 15) is 0 Å². The molecule has 0 aliphatic carbocycles. The first-order valence-corrected chi connectivity index (χ1v) is 11.2. The van der Waals surface area contributed by atoms with Crippen molar-refractivity contribution in [2.24, 2.45) is 0 Å². The summed E-state index contributed by atoms with van der Waals surface area (Å²) in [6.45, 7) is 0. The predicted molar refractivity (Wildman–Crippen MR) is 114 cm³/mol. The number of fused-ring (bicyclic) bond motifs is 4. The van der Waals surface area contributed by atoms with Crippen LogP contribution in [-0.2, 0) is 15.4 Å². The molecule has 27 heavy (non-hydrogen) atoms. The molecule has 0 bridgehead atoms. The van der Waals surface area contributed by atoms with Crippen LogP contribution in [0.3, 0.4) is 0 Å². The Kier molecular flexibility index (Phi) is 4.02. The Hall–Kier alpha value is -1.92. The molecule has 0 N–H and O–H groups in total. The van der Waals surface area contributed by atoms with Crippen LogP contribution in [0.2, 0.25) is 0 Å². The highest BCUT2D eigenvalue weighted by molar-refractivity contribution is 8.17. The summed E-state index contributed by atoms with van der Waals surface area (Å²) in [5, 5.41) is 0. The third-order valence-electron chi connectivity index (χ3n) is 5.31. The van der Waals surface area contributed by atoms with Gasteiger partial charge in [0.1, 0.15) is 0 Å². The summed E-state index contributed by atoms with van der Waals surface area (Å²) >= 11 is 3.37. The van der Waals surface area contributed by atoms with Crippen molar-refractivity contribution in [1.82, 2.24) is 0 Å². The summed E-state index contributed by atoms with van der Waals surface area (Å²) in [4.78, 5) is 14.1. The fourth-order valence-corrected chi connectivity index (χ4v) is 6.07. The van der Waals surface area contributed by atoms with Crippen LogP contribution < -0.4 is 4.90 Å². The number of benzene rings is 3. The van der Waals surface area contributed by atoms with E-state index in [0.29, 0.717) is 0 Å². The van der Waals surface area contributed by atoms with Gasteiger partial charge >= 0.3 is 0 Å². The Morgan fingerprint density at radius 2 is 1.19 bits per heavy atom. The highest BCUT2D eigenvalue weighted by Crippen LogP contribution is 2.67. The van der Waals surface area contributed by atoms with Gasteiger partial charge < -0.3 is 4.90 Å². The van der Waals surface area contributed by atoms with E-state index in [1.165, 1.54) is 0 Å². The van der Waals surface area contributed by atoms with Gasteiger partial charge in [-0.15, -0.1) is 23.5 Å². The molecule has 3 aromatic rings. The van der Waals surface area contributed by atoms with Gasteiger partial charge in [-0.3, -0.25) is 0 Å². The highest BCUT2D eigenvalue weighted by Gasteiger charge is 2.69. The first-order chi connectivity index (χ1) is 13.3. The third kappa shape index (κ3) is 2.14. The molecule has 0 amide bonds. The average molecular weight is 394 g/mol. The molecule has 1 saturated heterocycles. The lowest BCUT2D eigenvalue weighted by atomic mass is 9.79. The molecule has 1 spiro atoms. The zero-order valence-electron chi connectivity index (χ0n) is 15.1. The minimum absolute atomic E-state index is 0.526. The van der Waals surface area contributed by atoms with E-state index < -0.39 is 9.87 Å². The summed E-state index contributed by atoms with van der Waals surface area (Å²) in [7, 11) is 0. The van der Waals surface area contributed by atoms with Crippen LogP contribution in [0.4, 0.5) is 17.1 Å². The molecule has 0 atom stereocenters. The topological polar surface area (TPSA) is 21.7 Å². The maximum absolute atomic E-state index is 6.03. The van der Waals surface area contributed by atoms with E-state index in [-0.39, 0.29) is 0 Å². The molecular weight excluding hydrogens is 374 g/mol. The van der Waals surface area contributed by atoms with E-state index in [2.05, 4.69) is 90.2 Å². The molecule has 5 rings (SSSR count). The minimum Gasteiger partial charge on any atom is -0.310 e. The number of hydrogen-bond donors (Lipinski definition) is 0. The number of thioether (sulfide) groups is 2. The Morgan fingerprint density at radius 1 is 0.667 bits per heavy atom. The van der Waals surface area contributed by atoms with Crippen molar-refractivity contribution in [1.29, 1.82) is 0 Å². The summed E-state index contributed by atoms with van der Waals surface area (Å²) < 4.78 is -0.526. The molecule has 0 unspecified atom stereocenters. The average Bonchev–Trinajstić information content (AvgIpc) is 2.73. The minimum atomic E-state index is -0.649. The van der Waals surface area contributed by atoms with Crippen molar-refractivity contribution in [2.45, 2.75) is 9.87 Å². The lowest BCUT2D eigenvalue weighted by Crippen LogP contribution is -2.62. The van der Waals surface area contributed by atoms with Crippen LogP contribution in [0.25, 0.3) is 0 Å². The van der Waals surface area contributed by atoms with Crippen molar-refractivity contribution in [3.8, 4) is 0 Å². The second kappa shape index (κ2) is 6.31. The van der Waals surface area contributed by atoms with Crippen molar-refractivity contribution in [2.75, 3.05) is 17.4 Å². The predicted octanol–water partition coefficient (Wildman–Crippen LogP) is 6.06. The van der Waals surface area contributed by atoms with Crippen LogP contribution in [0.5, 0.6) is 0 Å². The van der Waals surface area contributed by atoms with Gasteiger partial charge in [0.25, 0.3) is 0 Å². The lowest BCUT2D eigenvalue weighted by molar-refractivity contribution is -0.492. The third-order valence-corrected chi connectivity index (χ3v) is 8.09. The summed E-state index contributed by atoms with van der Waals surface area (Å²) in [5.74, 6) is 0. The number of para-hydroxylation sites is 3. The highest BCUT2D eigenvalue weighted by atomic mass is 32.2. The normalized spacial score (nSPS) is 18.5. The Bertz CT molecular complexity index is 935. The maximum atomic E-state index is 6.03. The Balaban J connectivity index is 1.84. The quantitative estimate of drug-likeness (QED) is 0.397. The Labute approximate surface area is 167 Å². The van der Waals surface area contributed by atoms with Gasteiger partial charge in [-0.25, -0.2) is 9.78 Å². The molecule has 2 heterocycles. The van der Waals surface area contributed by atoms with E-state index in [0.717, 1.165) is 28.2 Å². The molecule has 2 aliphatic rings. The van der Waals surface area contributed by atoms with Gasteiger partial charge in [-0.05, 0) is 36.8 Å². The van der Waals surface area contributed by atoms with Crippen molar-refractivity contribution < 1.29 is 9.78 Å². The summed E-state index contributed by atoms with van der Waals surface area (Å²) in [5.41, 5.74) is 4.98. The van der Waals surface area contributed by atoms with Crippen LogP contribution in [-0.4, -0.2) is 16.8 Å². The molecule has 1 fully saturated rings. The van der Waals surface area contributed by atoms with Crippen LogP contribution in [0, 0.1) is 0 Å².